The molecule has 47 nitrogen and oxygen atoms in total. The Morgan fingerprint density at radius 3 is 0.730 bits per heavy atom. The van der Waals surface area contributed by atoms with E-state index >= 15 is 4.39 Å². The summed E-state index contributed by atoms with van der Waals surface area (Å²) in [6.45, 7) is -0.444. The van der Waals surface area contributed by atoms with Gasteiger partial charge >= 0.3 is 0 Å². The van der Waals surface area contributed by atoms with Crippen LogP contribution in [0.1, 0.15) is 40.0 Å². The lowest BCUT2D eigenvalue weighted by molar-refractivity contribution is -0.387. The van der Waals surface area contributed by atoms with Crippen molar-refractivity contribution in [3.63, 3.8) is 0 Å². The molecule has 0 aromatic carbocycles. The molecule has 45 atom stereocenters. The van der Waals surface area contributed by atoms with Crippen LogP contribution in [-0.2, 0) is 85.3 Å². The van der Waals surface area contributed by atoms with E-state index in [2.05, 4.69) is 0 Å². The lowest BCUT2D eigenvalue weighted by Gasteiger charge is -2.49. The Kier molecular flexibility index (Phi) is 38.9. The van der Waals surface area contributed by atoms with E-state index in [1.54, 1.807) is 20.8 Å². The van der Waals surface area contributed by atoms with Crippen molar-refractivity contribution < 1.29 is 238 Å². The summed E-state index contributed by atoms with van der Waals surface area (Å²) in [6, 6.07) is 0. The fourth-order valence-electron chi connectivity index (χ4n) is 13.0. The maximum Gasteiger partial charge on any atom is 0.192 e. The van der Waals surface area contributed by atoms with Crippen molar-refractivity contribution in [1.82, 2.24) is 0 Å². The van der Waals surface area contributed by atoms with Crippen LogP contribution >= 0.6 is 0 Å². The van der Waals surface area contributed by atoms with Crippen LogP contribution in [0.25, 0.3) is 0 Å². The molecule has 48 heteroatoms. The number of aliphatic hydroxyl groups is 29. The molecule has 0 aromatic rings. The van der Waals surface area contributed by atoms with Crippen LogP contribution in [-0.4, -0.2) is 504 Å². The normalized spacial score (nSPS) is 49.2. The molecule has 9 saturated heterocycles. The quantitative estimate of drug-likeness (QED) is 0.0318. The molecule has 0 bridgehead atoms. The van der Waals surface area contributed by atoms with Gasteiger partial charge < -0.3 is 233 Å². The van der Waals surface area contributed by atoms with Crippen molar-refractivity contribution in [3.8, 4) is 0 Å². The molecule has 0 amide bonds. The van der Waals surface area contributed by atoms with Crippen LogP contribution in [0.4, 0.5) is 4.39 Å². The molecule has 9 aliphatic heterocycles. The van der Waals surface area contributed by atoms with Crippen LogP contribution in [0.5, 0.6) is 0 Å². The highest BCUT2D eigenvalue weighted by molar-refractivity contribution is 5.01. The average Bonchev–Trinajstić information content (AvgIpc) is 0.779. The smallest absolute Gasteiger partial charge is 0.192 e. The Balaban J connectivity index is 0.000000231. The number of aliphatic hydroxyl groups excluding tert-OH is 29. The predicted octanol–water partition coefficient (Wildman–Crippen LogP) is -17.4. The first-order valence-electron chi connectivity index (χ1n) is 36.2. The molecule has 29 N–H and O–H groups in total. The monoisotopic (exact) mass is 1640 g/mol. The first-order valence-corrected chi connectivity index (χ1v) is 36.2. The molecule has 0 radical (unpaired) electrons. The zero-order valence-corrected chi connectivity index (χ0v) is 60.3. The third-order valence-electron chi connectivity index (χ3n) is 19.6. The second kappa shape index (κ2) is 44.9. The molecule has 654 valence electrons. The van der Waals surface area contributed by atoms with Crippen molar-refractivity contribution >= 4 is 0 Å². The summed E-state index contributed by atoms with van der Waals surface area (Å²) in [5.74, 6) is 0. The molecular weight excluding hydrogens is 1530 g/mol. The number of rotatable bonds is 30. The molecule has 0 aromatic heterocycles. The molecule has 9 rings (SSSR count). The Morgan fingerprint density at radius 1 is 0.207 bits per heavy atom. The van der Waals surface area contributed by atoms with Crippen molar-refractivity contribution in [1.29, 1.82) is 0 Å². The van der Waals surface area contributed by atoms with Crippen LogP contribution in [0.2, 0.25) is 0 Å². The van der Waals surface area contributed by atoms with E-state index in [0.717, 1.165) is 0 Å². The molecule has 9 fully saturated rings. The minimum Gasteiger partial charge on any atom is -0.394 e. The second-order valence-electron chi connectivity index (χ2n) is 27.6. The number of alkyl halides is 1. The Morgan fingerprint density at radius 2 is 0.423 bits per heavy atom. The molecule has 0 spiro atoms. The van der Waals surface area contributed by atoms with Gasteiger partial charge in [0.15, 0.2) is 62.8 Å². The minimum atomic E-state index is -2.13. The lowest BCUT2D eigenvalue weighted by Crippen LogP contribution is -2.67. The van der Waals surface area contributed by atoms with Gasteiger partial charge in [0.2, 0.25) is 0 Å². The number of ether oxygens (including phenoxy) is 18. The van der Waals surface area contributed by atoms with Gasteiger partial charge in [-0.1, -0.05) is 20.8 Å². The van der Waals surface area contributed by atoms with Gasteiger partial charge in [-0.15, -0.1) is 0 Å². The minimum absolute atomic E-state index is 0.0637. The Labute approximate surface area is 632 Å². The van der Waals surface area contributed by atoms with Crippen molar-refractivity contribution in [2.75, 3.05) is 79.3 Å². The van der Waals surface area contributed by atoms with Gasteiger partial charge in [0.05, 0.1) is 59.5 Å². The lowest BCUT2D eigenvalue weighted by atomic mass is 9.96. The fraction of sp³-hybridized carbons (Fsp3) is 1.00. The Hall–Kier alpha value is -1.95. The van der Waals surface area contributed by atoms with Crippen molar-refractivity contribution in [3.05, 3.63) is 0 Å². The SMILES string of the molecule is CCCO[C@@H]1O[C@H](COC2O[C@H](CO)[C@@H](O)[C@H](O)[C@@H]2O)[C@@H](O)[C@H](O[C@H]2O[C@H](CO)[C@@H](O)[C@H](O)[C@@H]2O)[C@@H]1F.CCCO[C@@H]1O[C@H](COC2O[C@H](CO)[C@@H](O)[C@H](O)[C@@H]2O)[C@@H](O)[C@H](O[C@H]2O[C@H](CO)[C@@H](O)[C@H](O)[C@@H]2O)[C@@H]1O.CCCO[C@H]1O[C@H](CO)[C@@H](O[C@H]2O[C@H](CO)[C@@H](O)[C@H](O)[C@@H]2O)[C@H](O[C@H]2O[C@H](CO)[C@@H](O)[C@H](O)[C@@H]2O)[C@@H]1O. The van der Waals surface area contributed by atoms with Crippen LogP contribution in [0.3, 0.4) is 0 Å². The van der Waals surface area contributed by atoms with Gasteiger partial charge in [-0.05, 0) is 19.3 Å². The summed E-state index contributed by atoms with van der Waals surface area (Å²) in [7, 11) is 0. The van der Waals surface area contributed by atoms with Gasteiger partial charge in [0.1, 0.15) is 214 Å². The fourth-order valence-corrected chi connectivity index (χ4v) is 13.0. The first-order chi connectivity index (χ1) is 52.7. The predicted molar refractivity (Wildman–Crippen MR) is 345 cm³/mol. The maximum absolute atomic E-state index is 15.3. The zero-order valence-electron chi connectivity index (χ0n) is 60.3. The Bertz CT molecular complexity index is 2460. The maximum atomic E-state index is 15.3. The third kappa shape index (κ3) is 23.0. The van der Waals surface area contributed by atoms with E-state index in [9.17, 15) is 148 Å². The van der Waals surface area contributed by atoms with Crippen LogP contribution in [0, 0.1) is 0 Å². The molecular formula is C63H113FO47. The molecule has 0 aliphatic carbocycles. The molecule has 111 heavy (non-hydrogen) atoms. The summed E-state index contributed by atoms with van der Waals surface area (Å²) in [4.78, 5) is 0. The first kappa shape index (κ1) is 96.2. The molecule has 2 unspecified atom stereocenters. The number of hydrogen-bond donors (Lipinski definition) is 29. The van der Waals surface area contributed by atoms with E-state index in [-0.39, 0.29) is 19.8 Å². The van der Waals surface area contributed by atoms with E-state index in [0.29, 0.717) is 19.3 Å². The molecule has 0 saturated carbocycles. The molecule has 9 aliphatic rings. The summed E-state index contributed by atoms with van der Waals surface area (Å²) < 4.78 is 114. The van der Waals surface area contributed by atoms with Crippen LogP contribution in [0.15, 0.2) is 0 Å². The topological polar surface area (TPSA) is 753 Å². The summed E-state index contributed by atoms with van der Waals surface area (Å²) >= 11 is 0. The average molecular weight is 1640 g/mol. The summed E-state index contributed by atoms with van der Waals surface area (Å²) in [5, 5.41) is 291. The van der Waals surface area contributed by atoms with Crippen molar-refractivity contribution in [2.24, 2.45) is 0 Å². The standard InChI is InChI=1S/C21H37FO15.2C21H38O16/c1-2-3-32-19-10(22)18(37-21-17(31)15(29)12(26)8(5-24)35-21)13(27)9(36-19)6-33-20-16(30)14(28)11(25)7(4-23)34-20;1-2-3-32-19-16(31)18(37-21-15(30)13(28)11(26)8(5-23)34-21)17(9(6-24)35-19)36-20-14(29)12(27)10(25)7(4-22)33-20;1-2-3-32-20-17(31)18(37-21-16(30)14(28)11(25)8(5-23)35-21)12(26)9(36-20)6-33-19-15(29)13(27)10(24)7(4-22)34-19/h7-21,23-31H,2-6H2,1H3;2*7-31H,2-6H2,1H3/t7-,8-,9-,10+,11-,12-,13-,14+,15+,16+,17+,18-,19-,20?,21-;7-,8-,9-,10-,11-,12+,13+,14+,15+,16+,17-,18-,19+,20-,21-;7-,8-,9-,10-,11-,12-,13+,14+,15+,16+,17+,18+,19?,20-,21-/m111/s1. The zero-order chi connectivity index (χ0) is 82.3. The number of hydrogen-bond acceptors (Lipinski definition) is 47. The second-order valence-corrected chi connectivity index (χ2v) is 27.6. The van der Waals surface area contributed by atoms with Gasteiger partial charge in [0, 0.05) is 19.8 Å². The van der Waals surface area contributed by atoms with E-state index in [1.165, 1.54) is 0 Å². The van der Waals surface area contributed by atoms with Gasteiger partial charge in [-0.2, -0.15) is 0 Å². The summed E-state index contributed by atoms with van der Waals surface area (Å²) in [5.41, 5.74) is 0. The largest absolute Gasteiger partial charge is 0.394 e. The third-order valence-corrected chi connectivity index (χ3v) is 19.6. The highest BCUT2D eigenvalue weighted by Crippen LogP contribution is 2.38. The van der Waals surface area contributed by atoms with E-state index in [4.69, 9.17) is 85.3 Å². The van der Waals surface area contributed by atoms with E-state index in [1.807, 2.05) is 0 Å². The van der Waals surface area contributed by atoms with Gasteiger partial charge in [-0.3, -0.25) is 0 Å². The van der Waals surface area contributed by atoms with Crippen LogP contribution < -0.4 is 0 Å². The highest BCUT2D eigenvalue weighted by atomic mass is 19.1. The molecule has 9 heterocycles. The van der Waals surface area contributed by atoms with Gasteiger partial charge in [0.25, 0.3) is 0 Å². The van der Waals surface area contributed by atoms with E-state index < -0.39 is 336 Å². The number of halogens is 1. The van der Waals surface area contributed by atoms with Crippen molar-refractivity contribution in [2.45, 2.75) is 316 Å². The van der Waals surface area contributed by atoms with Gasteiger partial charge in [-0.25, -0.2) is 4.39 Å². The summed E-state index contributed by atoms with van der Waals surface area (Å²) in [6.07, 6.45) is -71.0. The highest BCUT2D eigenvalue weighted by Gasteiger charge is 2.58.